The van der Waals surface area contributed by atoms with Gasteiger partial charge < -0.3 is 10.6 Å². The lowest BCUT2D eigenvalue weighted by Crippen LogP contribution is -2.04. The lowest BCUT2D eigenvalue weighted by Gasteiger charge is -2.13. The maximum absolute atomic E-state index is 6.08. The van der Waals surface area contributed by atoms with Crippen molar-refractivity contribution in [3.05, 3.63) is 39.6 Å². The van der Waals surface area contributed by atoms with E-state index in [0.29, 0.717) is 5.02 Å². The van der Waals surface area contributed by atoms with Gasteiger partial charge in [-0.05, 0) is 40.5 Å². The molecule has 2 N–H and O–H groups in total. The monoisotopic (exact) mass is 340 g/mol. The van der Waals surface area contributed by atoms with Gasteiger partial charge in [-0.2, -0.15) is 0 Å². The Morgan fingerprint density at radius 1 is 1.26 bits per heavy atom. The Labute approximate surface area is 125 Å². The molecule has 2 rings (SSSR count). The molecule has 100 valence electrons. The first-order valence-corrected chi connectivity index (χ1v) is 7.06. The van der Waals surface area contributed by atoms with Gasteiger partial charge in [0.2, 0.25) is 0 Å². The molecule has 6 heteroatoms. The third-order valence-corrected chi connectivity index (χ3v) is 3.95. The van der Waals surface area contributed by atoms with Gasteiger partial charge in [-0.25, -0.2) is 9.97 Å². The quantitative estimate of drug-likeness (QED) is 0.873. The third-order valence-electron chi connectivity index (χ3n) is 2.72. The van der Waals surface area contributed by atoms with E-state index in [9.17, 15) is 0 Å². The molecule has 0 unspecified atom stereocenters. The molecule has 0 saturated carbocycles. The summed E-state index contributed by atoms with van der Waals surface area (Å²) in [5.41, 5.74) is 1.94. The molecule has 1 aromatic heterocycles. The van der Waals surface area contributed by atoms with Gasteiger partial charge in [-0.3, -0.25) is 0 Å². The molecule has 1 heterocycles. The van der Waals surface area contributed by atoms with Gasteiger partial charge in [0.15, 0.2) is 0 Å². The van der Waals surface area contributed by atoms with Gasteiger partial charge >= 0.3 is 0 Å². The number of anilines is 3. The summed E-state index contributed by atoms with van der Waals surface area (Å²) in [5, 5.41) is 7.00. The van der Waals surface area contributed by atoms with Crippen molar-refractivity contribution in [3.8, 4) is 0 Å². The van der Waals surface area contributed by atoms with Crippen LogP contribution < -0.4 is 10.6 Å². The molecule has 0 bridgehead atoms. The second kappa shape index (κ2) is 6.21. The van der Waals surface area contributed by atoms with Crippen molar-refractivity contribution in [1.82, 2.24) is 9.97 Å². The van der Waals surface area contributed by atoms with E-state index in [0.717, 1.165) is 33.8 Å². The Hall–Kier alpha value is -1.33. The van der Waals surface area contributed by atoms with Crippen molar-refractivity contribution in [1.29, 1.82) is 0 Å². The molecule has 0 aliphatic heterocycles. The van der Waals surface area contributed by atoms with E-state index in [1.54, 1.807) is 0 Å². The molecule has 0 amide bonds. The number of benzene rings is 1. The van der Waals surface area contributed by atoms with Crippen LogP contribution in [0.1, 0.15) is 12.5 Å². The summed E-state index contributed by atoms with van der Waals surface area (Å²) in [5.74, 6) is 1.63. The van der Waals surface area contributed by atoms with Crippen LogP contribution >= 0.6 is 27.5 Å². The van der Waals surface area contributed by atoms with E-state index < -0.39 is 0 Å². The molecule has 0 spiro atoms. The Morgan fingerprint density at radius 2 is 2.00 bits per heavy atom. The lowest BCUT2D eigenvalue weighted by molar-refractivity contribution is 1.05. The van der Waals surface area contributed by atoms with Gasteiger partial charge in [-0.15, -0.1) is 0 Å². The number of halogens is 2. The van der Waals surface area contributed by atoms with Crippen LogP contribution in [0.25, 0.3) is 0 Å². The number of nitrogens with one attached hydrogen (secondary N) is 2. The average Bonchev–Trinajstić information content (AvgIpc) is 2.42. The Morgan fingerprint density at radius 3 is 2.63 bits per heavy atom. The predicted octanol–water partition coefficient (Wildman–Crippen LogP) is 4.24. The fourth-order valence-corrected chi connectivity index (χ4v) is 2.21. The molecule has 4 nitrogen and oxygen atoms in total. The van der Waals surface area contributed by atoms with Gasteiger partial charge in [-0.1, -0.05) is 18.5 Å². The largest absolute Gasteiger partial charge is 0.373 e. The van der Waals surface area contributed by atoms with Crippen LogP contribution in [-0.4, -0.2) is 17.0 Å². The van der Waals surface area contributed by atoms with Crippen molar-refractivity contribution in [2.45, 2.75) is 13.3 Å². The number of aromatic nitrogens is 2. The molecule has 0 aliphatic rings. The first-order valence-electron chi connectivity index (χ1n) is 5.89. The first-order chi connectivity index (χ1) is 9.15. The van der Waals surface area contributed by atoms with Crippen LogP contribution in [0.4, 0.5) is 17.3 Å². The summed E-state index contributed by atoms with van der Waals surface area (Å²) in [7, 11) is 1.85. The first kappa shape index (κ1) is 14.1. The topological polar surface area (TPSA) is 49.8 Å². The van der Waals surface area contributed by atoms with E-state index in [4.69, 9.17) is 11.6 Å². The maximum atomic E-state index is 6.08. The summed E-state index contributed by atoms with van der Waals surface area (Å²) in [6.07, 6.45) is 2.37. The number of rotatable bonds is 4. The maximum Gasteiger partial charge on any atom is 0.139 e. The van der Waals surface area contributed by atoms with E-state index in [-0.39, 0.29) is 0 Å². The van der Waals surface area contributed by atoms with Gasteiger partial charge in [0.05, 0.1) is 5.02 Å². The molecule has 0 saturated heterocycles. The number of hydrogen-bond donors (Lipinski definition) is 2. The molecule has 0 atom stereocenters. The second-order valence-electron chi connectivity index (χ2n) is 3.91. The van der Waals surface area contributed by atoms with Crippen LogP contribution in [-0.2, 0) is 6.42 Å². The van der Waals surface area contributed by atoms with E-state index in [2.05, 4.69) is 43.5 Å². The SMILES string of the molecule is CCc1c(NC)ncnc1Nc1ccc(Br)c(Cl)c1. The van der Waals surface area contributed by atoms with Gasteiger partial charge in [0, 0.05) is 22.8 Å². The van der Waals surface area contributed by atoms with Crippen molar-refractivity contribution >= 4 is 44.9 Å². The van der Waals surface area contributed by atoms with Gasteiger partial charge in [0.25, 0.3) is 0 Å². The number of nitrogens with zero attached hydrogens (tertiary/aromatic N) is 2. The lowest BCUT2D eigenvalue weighted by atomic mass is 10.2. The number of hydrogen-bond acceptors (Lipinski definition) is 4. The highest BCUT2D eigenvalue weighted by Gasteiger charge is 2.09. The minimum atomic E-state index is 0.658. The molecular weight excluding hydrogens is 328 g/mol. The molecular formula is C13H14BrClN4. The van der Waals surface area contributed by atoms with Crippen LogP contribution in [0, 0.1) is 0 Å². The summed E-state index contributed by atoms with van der Waals surface area (Å²) in [4.78, 5) is 8.49. The van der Waals surface area contributed by atoms with Crippen LogP contribution in [0.15, 0.2) is 29.0 Å². The second-order valence-corrected chi connectivity index (χ2v) is 5.17. The summed E-state index contributed by atoms with van der Waals surface area (Å²) in [6.45, 7) is 2.07. The zero-order chi connectivity index (χ0) is 13.8. The van der Waals surface area contributed by atoms with E-state index in [1.165, 1.54) is 6.33 Å². The molecule has 0 radical (unpaired) electrons. The standard InChI is InChI=1S/C13H14BrClN4/c1-3-9-12(16-2)17-7-18-13(9)19-8-4-5-10(14)11(15)6-8/h4-7H,3H2,1-2H3,(H2,16,17,18,19). The molecule has 0 aliphatic carbocycles. The van der Waals surface area contributed by atoms with Crippen LogP contribution in [0.3, 0.4) is 0 Å². The zero-order valence-electron chi connectivity index (χ0n) is 10.7. The molecule has 0 fully saturated rings. The fourth-order valence-electron chi connectivity index (χ4n) is 1.78. The summed E-state index contributed by atoms with van der Waals surface area (Å²) < 4.78 is 0.869. The Balaban J connectivity index is 2.35. The molecule has 19 heavy (non-hydrogen) atoms. The minimum Gasteiger partial charge on any atom is -0.373 e. The van der Waals surface area contributed by atoms with Crippen LogP contribution in [0.2, 0.25) is 5.02 Å². The van der Waals surface area contributed by atoms with Gasteiger partial charge in [0.1, 0.15) is 18.0 Å². The minimum absolute atomic E-state index is 0.658. The van der Waals surface area contributed by atoms with Crippen molar-refractivity contribution in [3.63, 3.8) is 0 Å². The smallest absolute Gasteiger partial charge is 0.139 e. The fraction of sp³-hybridized carbons (Fsp3) is 0.231. The summed E-state index contributed by atoms with van der Waals surface area (Å²) in [6, 6.07) is 5.69. The van der Waals surface area contributed by atoms with E-state index >= 15 is 0 Å². The van der Waals surface area contributed by atoms with Crippen LogP contribution in [0.5, 0.6) is 0 Å². The van der Waals surface area contributed by atoms with E-state index in [1.807, 2.05) is 25.2 Å². The molecule has 1 aromatic carbocycles. The van der Waals surface area contributed by atoms with Crippen molar-refractivity contribution < 1.29 is 0 Å². The average molecular weight is 342 g/mol. The zero-order valence-corrected chi connectivity index (χ0v) is 13.0. The molecule has 2 aromatic rings. The highest BCUT2D eigenvalue weighted by atomic mass is 79.9. The Kier molecular flexibility index (Phi) is 4.61. The van der Waals surface area contributed by atoms with Crippen molar-refractivity contribution in [2.75, 3.05) is 17.7 Å². The highest BCUT2D eigenvalue weighted by Crippen LogP contribution is 2.29. The third kappa shape index (κ3) is 3.16. The summed E-state index contributed by atoms with van der Waals surface area (Å²) >= 11 is 9.45. The van der Waals surface area contributed by atoms with Crippen molar-refractivity contribution in [2.24, 2.45) is 0 Å². The predicted molar refractivity (Wildman–Crippen MR) is 83.4 cm³/mol. The highest BCUT2D eigenvalue weighted by molar-refractivity contribution is 9.10. The Bertz CT molecular complexity index is 589. The normalized spacial score (nSPS) is 10.3.